The zero-order valence-corrected chi connectivity index (χ0v) is 17.1. The van der Waals surface area contributed by atoms with Crippen LogP contribution >= 0.6 is 23.4 Å². The van der Waals surface area contributed by atoms with Crippen LogP contribution in [0.25, 0.3) is 0 Å². The maximum atomic E-state index is 6.14. The normalized spacial score (nSPS) is 10.4. The number of aryl methyl sites for hydroxylation is 1. The summed E-state index contributed by atoms with van der Waals surface area (Å²) >= 11 is 7.77. The fraction of sp³-hybridized carbons (Fsp3) is 0.278. The topological polar surface area (TPSA) is 64.9 Å². The molecule has 0 unspecified atom stereocenters. The van der Waals surface area contributed by atoms with Crippen LogP contribution in [-0.4, -0.2) is 32.5 Å². The van der Waals surface area contributed by atoms with E-state index in [4.69, 9.17) is 16.3 Å². The van der Waals surface area contributed by atoms with E-state index in [0.29, 0.717) is 6.61 Å². The van der Waals surface area contributed by atoms with Crippen LogP contribution in [0, 0.1) is 0 Å². The highest BCUT2D eigenvalue weighted by Gasteiger charge is 2.03. The van der Waals surface area contributed by atoms with Crippen molar-refractivity contribution in [3.05, 3.63) is 64.7 Å². The molecule has 0 atom stereocenters. The molecule has 0 saturated heterocycles. The van der Waals surface area contributed by atoms with Crippen molar-refractivity contribution in [1.82, 2.24) is 25.5 Å². The molecule has 1 heterocycles. The molecule has 2 aromatic carbocycles. The molecule has 0 radical (unpaired) electrons. The summed E-state index contributed by atoms with van der Waals surface area (Å²) in [6.07, 6.45) is 0. The lowest BCUT2D eigenvalue weighted by molar-refractivity contribution is -0.00000577. The first-order valence-corrected chi connectivity index (χ1v) is 9.60. The number of tetrazole rings is 1. The number of aromatic nitrogens is 4. The maximum Gasteiger partial charge on any atom is 0.209 e. The fourth-order valence-corrected chi connectivity index (χ4v) is 3.21. The molecule has 0 aliphatic carbocycles. The molecule has 0 amide bonds. The first kappa shape index (κ1) is 21.5. The summed E-state index contributed by atoms with van der Waals surface area (Å²) < 4.78 is 7.47. The van der Waals surface area contributed by atoms with Crippen molar-refractivity contribution in [2.24, 2.45) is 7.05 Å². The molecule has 0 spiro atoms. The van der Waals surface area contributed by atoms with Crippen LogP contribution in [-0.2, 0) is 20.2 Å². The highest BCUT2D eigenvalue weighted by Crippen LogP contribution is 2.19. The van der Waals surface area contributed by atoms with Gasteiger partial charge in [-0.15, -0.1) is 5.10 Å². The van der Waals surface area contributed by atoms with Crippen molar-refractivity contribution in [2.75, 3.05) is 12.3 Å². The van der Waals surface area contributed by atoms with Crippen LogP contribution in [0.3, 0.4) is 0 Å². The van der Waals surface area contributed by atoms with E-state index in [2.05, 4.69) is 33.0 Å². The minimum Gasteiger partial charge on any atom is -1.00 e. The van der Waals surface area contributed by atoms with E-state index in [-0.39, 0.29) is 12.4 Å². The molecule has 0 saturated carbocycles. The predicted molar refractivity (Wildman–Crippen MR) is 103 cm³/mol. The lowest BCUT2D eigenvalue weighted by Gasteiger charge is -2.09. The van der Waals surface area contributed by atoms with Gasteiger partial charge in [-0.25, -0.2) is 4.68 Å². The van der Waals surface area contributed by atoms with Gasteiger partial charge in [0.2, 0.25) is 5.16 Å². The second-order valence-electron chi connectivity index (χ2n) is 5.63. The average Bonchev–Trinajstić information content (AvgIpc) is 3.07. The fourth-order valence-electron chi connectivity index (χ4n) is 2.27. The second kappa shape index (κ2) is 11.1. The van der Waals surface area contributed by atoms with Gasteiger partial charge in [-0.3, -0.25) is 0 Å². The third-order valence-corrected chi connectivity index (χ3v) is 5.08. The summed E-state index contributed by atoms with van der Waals surface area (Å²) in [5, 5.41) is 16.3. The number of hydrogen-bond donors (Lipinski definition) is 1. The Labute approximate surface area is 174 Å². The van der Waals surface area contributed by atoms with E-state index in [1.807, 2.05) is 43.4 Å². The van der Waals surface area contributed by atoms with Gasteiger partial charge in [0.25, 0.3) is 0 Å². The van der Waals surface area contributed by atoms with Gasteiger partial charge in [-0.1, -0.05) is 53.7 Å². The van der Waals surface area contributed by atoms with Gasteiger partial charge < -0.3 is 22.5 Å². The number of nitrogens with one attached hydrogen (secondary N) is 1. The van der Waals surface area contributed by atoms with Crippen molar-refractivity contribution >= 4 is 23.4 Å². The summed E-state index contributed by atoms with van der Waals surface area (Å²) in [5.41, 5.74) is 2.19. The zero-order chi connectivity index (χ0) is 18.2. The smallest absolute Gasteiger partial charge is 0.209 e. The van der Waals surface area contributed by atoms with E-state index in [1.165, 1.54) is 5.56 Å². The average molecular weight is 425 g/mol. The Kier molecular flexibility index (Phi) is 8.87. The number of nitrogens with zero attached hydrogens (tertiary/aromatic N) is 4. The van der Waals surface area contributed by atoms with Crippen molar-refractivity contribution in [1.29, 1.82) is 0 Å². The van der Waals surface area contributed by atoms with Gasteiger partial charge in [0.15, 0.2) is 0 Å². The molecule has 144 valence electrons. The lowest BCUT2D eigenvalue weighted by atomic mass is 10.2. The number of ether oxygens (including phenoxy) is 1. The summed E-state index contributed by atoms with van der Waals surface area (Å²) in [7, 11) is 1.84. The van der Waals surface area contributed by atoms with Crippen LogP contribution < -0.4 is 22.5 Å². The van der Waals surface area contributed by atoms with Gasteiger partial charge in [-0.2, -0.15) is 0 Å². The van der Waals surface area contributed by atoms with Gasteiger partial charge in [-0.05, 0) is 34.2 Å². The standard InChI is InChI=1S/C18H20ClN5OS.ClH/c1-24-18(21-22-23-24)26-11-10-20-12-14-6-8-16(9-7-14)25-13-15-4-2-3-5-17(15)19;/h2-9,20H,10-13H2,1H3;1H/p-1. The van der Waals surface area contributed by atoms with Crippen LogP contribution in [0.5, 0.6) is 5.75 Å². The number of halogens is 2. The third kappa shape index (κ3) is 6.70. The largest absolute Gasteiger partial charge is 1.00 e. The Bertz CT molecular complexity index is 829. The van der Waals surface area contributed by atoms with E-state index < -0.39 is 0 Å². The zero-order valence-electron chi connectivity index (χ0n) is 14.8. The van der Waals surface area contributed by atoms with Gasteiger partial charge in [0.05, 0.1) is 0 Å². The maximum absolute atomic E-state index is 6.14. The summed E-state index contributed by atoms with van der Waals surface area (Å²) in [5.74, 6) is 1.74. The van der Waals surface area contributed by atoms with E-state index >= 15 is 0 Å². The number of benzene rings is 2. The highest BCUT2D eigenvalue weighted by atomic mass is 35.5. The second-order valence-corrected chi connectivity index (χ2v) is 7.10. The van der Waals surface area contributed by atoms with Gasteiger partial charge >= 0.3 is 0 Å². The molecule has 3 aromatic rings. The SMILES string of the molecule is Cn1nnnc1SCCNCc1ccc(OCc2ccccc2Cl)cc1.[Cl-]. The molecular formula is C18H20Cl2N5OS-. The molecule has 0 aliphatic heterocycles. The molecule has 3 rings (SSSR count). The van der Waals surface area contributed by atoms with Crippen molar-refractivity contribution in [3.8, 4) is 5.75 Å². The van der Waals surface area contributed by atoms with Gasteiger partial charge in [0, 0.05) is 36.5 Å². The predicted octanol–water partition coefficient (Wildman–Crippen LogP) is 0.328. The van der Waals surface area contributed by atoms with Crippen LogP contribution in [0.15, 0.2) is 53.7 Å². The Hall–Kier alpha value is -1.80. The quantitative estimate of drug-likeness (QED) is 0.394. The Morgan fingerprint density at radius 3 is 2.63 bits per heavy atom. The Balaban J connectivity index is 0.00000261. The van der Waals surface area contributed by atoms with Crippen molar-refractivity contribution in [2.45, 2.75) is 18.3 Å². The first-order chi connectivity index (χ1) is 12.7. The molecule has 1 N–H and O–H groups in total. The molecule has 9 heteroatoms. The molecule has 1 aromatic heterocycles. The van der Waals surface area contributed by atoms with Crippen molar-refractivity contribution < 1.29 is 17.1 Å². The molecule has 0 aliphatic rings. The molecule has 0 bridgehead atoms. The molecule has 0 fully saturated rings. The number of thioether (sulfide) groups is 1. The Morgan fingerprint density at radius 2 is 1.93 bits per heavy atom. The first-order valence-electron chi connectivity index (χ1n) is 8.23. The van der Waals surface area contributed by atoms with E-state index in [9.17, 15) is 0 Å². The summed E-state index contributed by atoms with van der Waals surface area (Å²) in [6, 6.07) is 15.8. The van der Waals surface area contributed by atoms with E-state index in [1.54, 1.807) is 16.4 Å². The minimum atomic E-state index is 0. The summed E-state index contributed by atoms with van der Waals surface area (Å²) in [6.45, 7) is 2.15. The highest BCUT2D eigenvalue weighted by molar-refractivity contribution is 7.99. The molecule has 6 nitrogen and oxygen atoms in total. The van der Waals surface area contributed by atoms with Crippen LogP contribution in [0.2, 0.25) is 5.02 Å². The number of rotatable bonds is 9. The van der Waals surface area contributed by atoms with Crippen molar-refractivity contribution in [3.63, 3.8) is 0 Å². The monoisotopic (exact) mass is 424 g/mol. The lowest BCUT2D eigenvalue weighted by Crippen LogP contribution is -3.00. The van der Waals surface area contributed by atoms with E-state index in [0.717, 1.165) is 40.3 Å². The molecule has 27 heavy (non-hydrogen) atoms. The third-order valence-electron chi connectivity index (χ3n) is 3.70. The molecular weight excluding hydrogens is 405 g/mol. The van der Waals surface area contributed by atoms with Crippen LogP contribution in [0.1, 0.15) is 11.1 Å². The number of hydrogen-bond acceptors (Lipinski definition) is 6. The van der Waals surface area contributed by atoms with Crippen LogP contribution in [0.4, 0.5) is 0 Å². The minimum absolute atomic E-state index is 0. The Morgan fingerprint density at radius 1 is 1.15 bits per heavy atom. The van der Waals surface area contributed by atoms with Gasteiger partial charge in [0.1, 0.15) is 12.4 Å². The summed E-state index contributed by atoms with van der Waals surface area (Å²) in [4.78, 5) is 0.